The van der Waals surface area contributed by atoms with E-state index in [4.69, 9.17) is 11.1 Å². The van der Waals surface area contributed by atoms with Crippen LogP contribution in [0, 0.1) is 11.3 Å². The van der Waals surface area contributed by atoms with Gasteiger partial charge in [0, 0.05) is 12.5 Å². The quantitative estimate of drug-likeness (QED) is 0.166. The fourth-order valence-corrected chi connectivity index (χ4v) is 4.64. The number of guanidine groups is 1. The van der Waals surface area contributed by atoms with Crippen molar-refractivity contribution in [2.45, 2.75) is 96.4 Å². The summed E-state index contributed by atoms with van der Waals surface area (Å²) in [4.78, 5) is 66.7. The Bertz CT molecular complexity index is 1130. The van der Waals surface area contributed by atoms with Crippen LogP contribution in [-0.4, -0.2) is 65.7 Å². The summed E-state index contributed by atoms with van der Waals surface area (Å²) in [5, 5.41) is 24.3. The fraction of sp³-hybridized carbons (Fsp3) is 0.586. The van der Waals surface area contributed by atoms with Gasteiger partial charge in [-0.25, -0.2) is 0 Å². The van der Waals surface area contributed by atoms with E-state index in [9.17, 15) is 24.0 Å². The summed E-state index contributed by atoms with van der Waals surface area (Å²) in [6, 6.07) is 4.72. The van der Waals surface area contributed by atoms with Crippen molar-refractivity contribution >= 4 is 35.5 Å². The summed E-state index contributed by atoms with van der Waals surface area (Å²) in [5.41, 5.74) is 4.77. The molecule has 1 aromatic rings. The monoisotopic (exact) mass is 586 g/mol. The highest BCUT2D eigenvalue weighted by Gasteiger charge is 2.40. The molecule has 232 valence electrons. The van der Waals surface area contributed by atoms with Gasteiger partial charge in [0.15, 0.2) is 5.96 Å². The molecule has 1 heterocycles. The van der Waals surface area contributed by atoms with E-state index >= 15 is 0 Å². The van der Waals surface area contributed by atoms with E-state index < -0.39 is 65.2 Å². The molecule has 2 rings (SSSR count). The predicted molar refractivity (Wildman–Crippen MR) is 159 cm³/mol. The molecule has 13 nitrogen and oxygen atoms in total. The first-order valence-corrected chi connectivity index (χ1v) is 14.5. The molecule has 1 aliphatic rings. The molecule has 0 aromatic heterocycles. The summed E-state index contributed by atoms with van der Waals surface area (Å²) >= 11 is 0. The topological polar surface area (TPSA) is 207 Å². The molecule has 1 aromatic carbocycles. The van der Waals surface area contributed by atoms with Gasteiger partial charge < -0.3 is 37.6 Å². The van der Waals surface area contributed by atoms with Gasteiger partial charge in [-0.3, -0.25) is 29.4 Å². The molecule has 1 fully saturated rings. The van der Waals surface area contributed by atoms with Crippen molar-refractivity contribution in [2.24, 2.45) is 11.7 Å². The van der Waals surface area contributed by atoms with E-state index in [-0.39, 0.29) is 25.3 Å². The van der Waals surface area contributed by atoms with Crippen LogP contribution in [0.5, 0.6) is 0 Å². The minimum atomic E-state index is -1.39. The third-order valence-corrected chi connectivity index (χ3v) is 7.30. The zero-order chi connectivity index (χ0) is 31.4. The van der Waals surface area contributed by atoms with Crippen molar-refractivity contribution in [3.8, 4) is 0 Å². The normalized spacial score (nSPS) is 25.3. The number of carbonyl (C=O) groups is 5. The average Bonchev–Trinajstić information content (AvgIpc) is 2.95. The number of hydrogen-bond acceptors (Lipinski definition) is 6. The van der Waals surface area contributed by atoms with Crippen molar-refractivity contribution in [1.82, 2.24) is 31.9 Å². The molecule has 1 saturated heterocycles. The smallest absolute Gasteiger partial charge is 0.247 e. The Hall–Kier alpha value is -4.16. The van der Waals surface area contributed by atoms with Crippen LogP contribution >= 0.6 is 0 Å². The van der Waals surface area contributed by atoms with Crippen molar-refractivity contribution in [2.75, 3.05) is 6.54 Å². The van der Waals surface area contributed by atoms with Crippen LogP contribution in [0.3, 0.4) is 0 Å². The number of rotatable bonds is 7. The van der Waals surface area contributed by atoms with Crippen molar-refractivity contribution in [3.05, 3.63) is 35.9 Å². The third kappa shape index (κ3) is 9.45. The van der Waals surface area contributed by atoms with E-state index in [0.717, 1.165) is 0 Å². The lowest BCUT2D eigenvalue weighted by molar-refractivity contribution is -0.138. The molecule has 1 unspecified atom stereocenters. The van der Waals surface area contributed by atoms with Crippen LogP contribution in [0.4, 0.5) is 0 Å². The zero-order valence-corrected chi connectivity index (χ0v) is 25.1. The Morgan fingerprint density at radius 1 is 1.02 bits per heavy atom. The second-order valence-electron chi connectivity index (χ2n) is 11.1. The summed E-state index contributed by atoms with van der Waals surface area (Å²) in [7, 11) is 0. The summed E-state index contributed by atoms with van der Waals surface area (Å²) < 4.78 is 0. The number of nitrogens with two attached hydrogens (primary N) is 1. The molecule has 5 amide bonds. The molecule has 9 N–H and O–H groups in total. The summed E-state index contributed by atoms with van der Waals surface area (Å²) in [6.07, 6.45) is 1.68. The minimum Gasteiger partial charge on any atom is -0.370 e. The van der Waals surface area contributed by atoms with Crippen molar-refractivity contribution in [3.63, 3.8) is 0 Å². The molecule has 0 spiro atoms. The number of carbonyl (C=O) groups excluding carboxylic acids is 5. The summed E-state index contributed by atoms with van der Waals surface area (Å²) in [5.74, 6) is -3.39. The second kappa shape index (κ2) is 15.7. The second-order valence-corrected chi connectivity index (χ2v) is 11.1. The number of hydrogen-bond donors (Lipinski definition) is 8. The Labute approximate surface area is 247 Å². The van der Waals surface area contributed by atoms with Crippen LogP contribution in [0.25, 0.3) is 0 Å². The van der Waals surface area contributed by atoms with Crippen LogP contribution in [0.1, 0.15) is 78.3 Å². The van der Waals surface area contributed by atoms with E-state index in [1.54, 1.807) is 65.0 Å². The largest absolute Gasteiger partial charge is 0.370 e. The Morgan fingerprint density at radius 2 is 1.69 bits per heavy atom. The Balaban J connectivity index is 2.52. The molecule has 0 saturated carbocycles. The van der Waals surface area contributed by atoms with E-state index in [1.165, 1.54) is 0 Å². The highest BCUT2D eigenvalue weighted by atomic mass is 16.2. The van der Waals surface area contributed by atoms with Gasteiger partial charge in [0.25, 0.3) is 0 Å². The lowest BCUT2D eigenvalue weighted by atomic mass is 9.91. The van der Waals surface area contributed by atoms with Crippen LogP contribution in [0.15, 0.2) is 30.3 Å². The maximum absolute atomic E-state index is 13.7. The third-order valence-electron chi connectivity index (χ3n) is 7.30. The molecule has 0 radical (unpaired) electrons. The van der Waals surface area contributed by atoms with Gasteiger partial charge in [0.05, 0.1) is 6.04 Å². The van der Waals surface area contributed by atoms with Gasteiger partial charge in [-0.1, -0.05) is 58.0 Å². The SMILES string of the molecule is CCC(NC(=N)N)[C@@H]1NC(=O)[C@](C)(NC(=O)C(C)C)CCCCNC(=O)[C@@H](c2ccccc2)NC(=O)[C@H](CC)NC1=O. The van der Waals surface area contributed by atoms with Gasteiger partial charge in [-0.15, -0.1) is 0 Å². The minimum absolute atomic E-state index is 0.195. The first kappa shape index (κ1) is 34.0. The molecule has 0 aliphatic carbocycles. The molecular weight excluding hydrogens is 540 g/mol. The highest BCUT2D eigenvalue weighted by molar-refractivity contribution is 5.97. The standard InChI is InChI=1S/C29H46N8O5/c1-6-19(34-28(30)31)22-26(41)33-20(7-2)24(39)35-21(18-13-9-8-10-14-18)25(40)32-16-12-11-15-29(5,27(42)36-22)37-23(38)17(3)4/h8-10,13-14,17,19-22H,6-7,11-12,15-16H2,1-5H3,(H,32,40)(H,33,41)(H,35,39)(H,36,42)(H,37,38)(H4,30,31,34)/t19?,20-,21+,22-,29+/m0/s1. The Kier molecular flexibility index (Phi) is 12.8. The van der Waals surface area contributed by atoms with Gasteiger partial charge in [0.2, 0.25) is 29.5 Å². The van der Waals surface area contributed by atoms with E-state index in [2.05, 4.69) is 31.9 Å². The van der Waals surface area contributed by atoms with Crippen LogP contribution in [-0.2, 0) is 24.0 Å². The predicted octanol–water partition coefficient (Wildman–Crippen LogP) is 0.316. The number of amides is 5. The van der Waals surface area contributed by atoms with Crippen molar-refractivity contribution < 1.29 is 24.0 Å². The fourth-order valence-electron chi connectivity index (χ4n) is 4.64. The van der Waals surface area contributed by atoms with Crippen molar-refractivity contribution in [1.29, 1.82) is 5.41 Å². The molecule has 42 heavy (non-hydrogen) atoms. The van der Waals surface area contributed by atoms with Crippen LogP contribution in [0.2, 0.25) is 0 Å². The van der Waals surface area contributed by atoms with E-state index in [0.29, 0.717) is 24.8 Å². The van der Waals surface area contributed by atoms with Gasteiger partial charge in [-0.05, 0) is 44.6 Å². The highest BCUT2D eigenvalue weighted by Crippen LogP contribution is 2.18. The van der Waals surface area contributed by atoms with E-state index in [1.807, 2.05) is 0 Å². The van der Waals surface area contributed by atoms with Gasteiger partial charge >= 0.3 is 0 Å². The Morgan fingerprint density at radius 3 is 2.26 bits per heavy atom. The molecular formula is C29H46N8O5. The lowest BCUT2D eigenvalue weighted by Crippen LogP contribution is -2.66. The number of benzene rings is 1. The average molecular weight is 587 g/mol. The zero-order valence-electron chi connectivity index (χ0n) is 25.1. The molecule has 1 aliphatic heterocycles. The summed E-state index contributed by atoms with van der Waals surface area (Å²) in [6.45, 7) is 8.75. The van der Waals surface area contributed by atoms with Gasteiger partial charge in [-0.2, -0.15) is 0 Å². The lowest BCUT2D eigenvalue weighted by Gasteiger charge is -2.35. The molecule has 0 bridgehead atoms. The maximum Gasteiger partial charge on any atom is 0.247 e. The van der Waals surface area contributed by atoms with Gasteiger partial charge in [0.1, 0.15) is 23.7 Å². The number of nitrogens with one attached hydrogen (secondary N) is 7. The first-order chi connectivity index (χ1) is 19.8. The molecule has 13 heteroatoms. The maximum atomic E-state index is 13.7. The first-order valence-electron chi connectivity index (χ1n) is 14.5. The van der Waals surface area contributed by atoms with Crippen LogP contribution < -0.4 is 37.6 Å². The molecule has 5 atom stereocenters.